The second-order valence-electron chi connectivity index (χ2n) is 5.72. The molecule has 120 valence electrons. The van der Waals surface area contributed by atoms with Gasteiger partial charge in [0.05, 0.1) is 6.66 Å². The van der Waals surface area contributed by atoms with Crippen LogP contribution in [0.4, 0.5) is 4.79 Å². The molecule has 0 heterocycles. The Hall–Kier alpha value is -2.44. The number of hydrogen-bond acceptors (Lipinski definition) is 2. The van der Waals surface area contributed by atoms with Crippen LogP contribution in [-0.2, 0) is 11.3 Å². The van der Waals surface area contributed by atoms with E-state index in [1.165, 1.54) is 0 Å². The summed E-state index contributed by atoms with van der Waals surface area (Å²) < 4.78 is 5.71. The highest BCUT2D eigenvalue weighted by Gasteiger charge is 2.48. The van der Waals surface area contributed by atoms with E-state index in [9.17, 15) is 4.79 Å². The minimum Gasteiger partial charge on any atom is -0.431 e. The number of carbonyl (C=O) groups is 1. The van der Waals surface area contributed by atoms with Crippen LogP contribution >= 0.6 is 7.26 Å². The third-order valence-electron chi connectivity index (χ3n) is 4.12. The summed E-state index contributed by atoms with van der Waals surface area (Å²) in [5.74, 6) is 0. The molecule has 0 aliphatic heterocycles. The summed E-state index contributed by atoms with van der Waals surface area (Å²) >= 11 is 0. The van der Waals surface area contributed by atoms with Crippen molar-refractivity contribution in [1.29, 1.82) is 0 Å². The molecule has 0 bridgehead atoms. The lowest BCUT2D eigenvalue weighted by Gasteiger charge is -2.20. The van der Waals surface area contributed by atoms with Crippen LogP contribution < -0.4 is 10.6 Å². The van der Waals surface area contributed by atoms with E-state index in [1.807, 2.05) is 97.7 Å². The summed E-state index contributed by atoms with van der Waals surface area (Å²) in [5, 5.41) is 2.07. The average Bonchev–Trinajstić information content (AvgIpc) is 2.67. The van der Waals surface area contributed by atoms with E-state index >= 15 is 0 Å². The molecule has 3 rings (SSSR count). The first-order chi connectivity index (χ1) is 11.7. The molecule has 0 radical (unpaired) electrons. The van der Waals surface area contributed by atoms with Crippen molar-refractivity contribution in [3.63, 3.8) is 0 Å². The predicted molar refractivity (Wildman–Crippen MR) is 102 cm³/mol. The van der Waals surface area contributed by atoms with Crippen molar-refractivity contribution >= 4 is 23.6 Å². The molecule has 0 saturated heterocycles. The van der Waals surface area contributed by atoms with Gasteiger partial charge < -0.3 is 4.74 Å². The Balaban J connectivity index is 1.92. The molecule has 0 aliphatic rings. The second kappa shape index (κ2) is 7.42. The van der Waals surface area contributed by atoms with E-state index in [1.54, 1.807) is 0 Å². The molecule has 0 fully saturated rings. The third-order valence-corrected chi connectivity index (χ3v) is 7.64. The molecular weight excluding hydrogens is 315 g/mol. The molecule has 0 saturated carbocycles. The quantitative estimate of drug-likeness (QED) is 0.636. The van der Waals surface area contributed by atoms with Crippen LogP contribution in [-0.4, -0.2) is 12.4 Å². The van der Waals surface area contributed by atoms with Gasteiger partial charge in [-0.1, -0.05) is 66.7 Å². The molecule has 0 unspecified atom stereocenters. The van der Waals surface area contributed by atoms with E-state index in [0.29, 0.717) is 6.61 Å². The highest BCUT2D eigenvalue weighted by atomic mass is 31.2. The lowest BCUT2D eigenvalue weighted by molar-refractivity contribution is 0.167. The molecule has 0 amide bonds. The Labute approximate surface area is 143 Å². The summed E-state index contributed by atoms with van der Waals surface area (Å²) in [4.78, 5) is 13.1. The third kappa shape index (κ3) is 3.39. The van der Waals surface area contributed by atoms with Crippen molar-refractivity contribution in [1.82, 2.24) is 0 Å². The maximum absolute atomic E-state index is 13.1. The van der Waals surface area contributed by atoms with Gasteiger partial charge in [-0.2, -0.15) is 0 Å². The van der Waals surface area contributed by atoms with Crippen LogP contribution in [0.25, 0.3) is 0 Å². The zero-order chi connectivity index (χ0) is 16.8. The molecule has 24 heavy (non-hydrogen) atoms. The molecule has 2 nitrogen and oxygen atoms in total. The molecule has 0 N–H and O–H groups in total. The van der Waals surface area contributed by atoms with Gasteiger partial charge in [0.25, 0.3) is 0 Å². The number of carbonyl (C=O) groups excluding carboxylic acids is 1. The molecule has 0 aliphatic carbocycles. The van der Waals surface area contributed by atoms with E-state index in [0.717, 1.165) is 16.2 Å². The van der Waals surface area contributed by atoms with Crippen molar-refractivity contribution in [3.8, 4) is 0 Å². The number of ether oxygens (including phenoxy) is 1. The largest absolute Gasteiger partial charge is 0.461 e. The first kappa shape index (κ1) is 16.4. The van der Waals surface area contributed by atoms with Gasteiger partial charge >= 0.3 is 5.71 Å². The Morgan fingerprint density at radius 2 is 1.17 bits per heavy atom. The van der Waals surface area contributed by atoms with Crippen molar-refractivity contribution < 1.29 is 9.53 Å². The van der Waals surface area contributed by atoms with E-state index in [-0.39, 0.29) is 5.71 Å². The minimum absolute atomic E-state index is 0.135. The molecule has 3 heteroatoms. The highest BCUT2D eigenvalue weighted by Crippen LogP contribution is 2.54. The van der Waals surface area contributed by atoms with Gasteiger partial charge in [0.15, 0.2) is 7.26 Å². The maximum atomic E-state index is 13.1. The summed E-state index contributed by atoms with van der Waals surface area (Å²) in [6, 6.07) is 29.7. The van der Waals surface area contributed by atoms with Crippen LogP contribution in [0.5, 0.6) is 0 Å². The molecule has 0 aromatic heterocycles. The van der Waals surface area contributed by atoms with Gasteiger partial charge in [-0.05, 0) is 29.8 Å². The van der Waals surface area contributed by atoms with Gasteiger partial charge in [-0.15, -0.1) is 0 Å². The van der Waals surface area contributed by atoms with Crippen molar-refractivity contribution in [2.24, 2.45) is 0 Å². The maximum Gasteiger partial charge on any atom is 0.461 e. The van der Waals surface area contributed by atoms with E-state index in [2.05, 4.69) is 0 Å². The average molecular weight is 335 g/mol. The van der Waals surface area contributed by atoms with E-state index in [4.69, 9.17) is 4.74 Å². The van der Waals surface area contributed by atoms with Crippen LogP contribution in [0, 0.1) is 0 Å². The Morgan fingerprint density at radius 3 is 1.62 bits per heavy atom. The smallest absolute Gasteiger partial charge is 0.431 e. The first-order valence-corrected chi connectivity index (χ1v) is 10.1. The molecule has 0 spiro atoms. The zero-order valence-electron chi connectivity index (χ0n) is 13.6. The Bertz CT molecular complexity index is 746. The molecule has 3 aromatic rings. The predicted octanol–water partition coefficient (Wildman–Crippen LogP) is 4.62. The number of hydrogen-bond donors (Lipinski definition) is 0. The SMILES string of the molecule is C[P+](C(=O)OCc1ccccc1)(c1ccccc1)c1ccccc1. The van der Waals surface area contributed by atoms with Crippen LogP contribution in [0.2, 0.25) is 0 Å². The van der Waals surface area contributed by atoms with Gasteiger partial charge in [0, 0.05) is 0 Å². The number of rotatable bonds is 5. The number of benzene rings is 3. The topological polar surface area (TPSA) is 26.3 Å². The van der Waals surface area contributed by atoms with Gasteiger partial charge in [-0.3, -0.25) is 0 Å². The second-order valence-corrected chi connectivity index (χ2v) is 9.13. The van der Waals surface area contributed by atoms with Crippen LogP contribution in [0.15, 0.2) is 91.0 Å². The van der Waals surface area contributed by atoms with Crippen molar-refractivity contribution in [2.45, 2.75) is 6.61 Å². The Morgan fingerprint density at radius 1 is 0.750 bits per heavy atom. The summed E-state index contributed by atoms with van der Waals surface area (Å²) in [6.45, 7) is 2.33. The molecular formula is C21H20O2P+. The van der Waals surface area contributed by atoms with Crippen LogP contribution in [0.3, 0.4) is 0 Å². The lowest BCUT2D eigenvalue weighted by Crippen LogP contribution is -2.28. The fourth-order valence-electron chi connectivity index (χ4n) is 2.66. The molecule has 0 atom stereocenters. The zero-order valence-corrected chi connectivity index (χ0v) is 14.5. The monoisotopic (exact) mass is 335 g/mol. The Kier molecular flexibility index (Phi) is 5.08. The molecule has 3 aromatic carbocycles. The standard InChI is InChI=1S/C21H20O2P/c1-24(19-13-7-3-8-14-19,20-15-9-4-10-16-20)21(22)23-17-18-11-5-2-6-12-18/h2-16H,17H2,1H3/q+1. The first-order valence-electron chi connectivity index (χ1n) is 7.90. The summed E-state index contributed by atoms with van der Waals surface area (Å²) in [5.41, 5.74) is 0.863. The van der Waals surface area contributed by atoms with Crippen molar-refractivity contribution in [2.75, 3.05) is 6.66 Å². The highest BCUT2D eigenvalue weighted by molar-refractivity contribution is 8.01. The normalized spacial score (nSPS) is 11.0. The van der Waals surface area contributed by atoms with Crippen LogP contribution in [0.1, 0.15) is 5.56 Å². The van der Waals surface area contributed by atoms with Crippen molar-refractivity contribution in [3.05, 3.63) is 96.6 Å². The fraction of sp³-hybridized carbons (Fsp3) is 0.0952. The van der Waals surface area contributed by atoms with Gasteiger partial charge in [-0.25, -0.2) is 4.79 Å². The minimum atomic E-state index is -2.26. The lowest BCUT2D eigenvalue weighted by atomic mass is 10.2. The van der Waals surface area contributed by atoms with Gasteiger partial charge in [0.1, 0.15) is 17.2 Å². The summed E-state index contributed by atoms with van der Waals surface area (Å²) in [7, 11) is -2.26. The van der Waals surface area contributed by atoms with Gasteiger partial charge in [0.2, 0.25) is 0 Å². The summed E-state index contributed by atoms with van der Waals surface area (Å²) in [6.07, 6.45) is 0. The van der Waals surface area contributed by atoms with E-state index < -0.39 is 7.26 Å². The fourth-order valence-corrected chi connectivity index (χ4v) is 5.24.